The molecule has 2 aromatic heterocycles. The topological polar surface area (TPSA) is 82.8 Å². The van der Waals surface area contributed by atoms with Gasteiger partial charge in [-0.2, -0.15) is 0 Å². The SMILES string of the molecule is Cc1cc(C(=O)N2CCN(C(=O)c3ccco3)CC2)nc(N2CCCCC2)n1. The Kier molecular flexibility index (Phi) is 5.27. The van der Waals surface area contributed by atoms with Gasteiger partial charge in [0.05, 0.1) is 6.26 Å². The zero-order valence-electron chi connectivity index (χ0n) is 16.1. The molecule has 4 heterocycles. The van der Waals surface area contributed by atoms with E-state index < -0.39 is 0 Å². The normalized spacial score (nSPS) is 17.7. The first kappa shape index (κ1) is 18.5. The minimum atomic E-state index is -0.137. The Hall–Kier alpha value is -2.90. The van der Waals surface area contributed by atoms with E-state index in [0.29, 0.717) is 43.6 Å². The summed E-state index contributed by atoms with van der Waals surface area (Å²) in [4.78, 5) is 40.1. The van der Waals surface area contributed by atoms with Crippen LogP contribution in [0, 0.1) is 6.92 Å². The summed E-state index contributed by atoms with van der Waals surface area (Å²) in [7, 11) is 0. The van der Waals surface area contributed by atoms with Crippen molar-refractivity contribution in [3.63, 3.8) is 0 Å². The number of carbonyl (C=O) groups excluding carboxylic acids is 2. The highest BCUT2D eigenvalue weighted by molar-refractivity contribution is 5.94. The van der Waals surface area contributed by atoms with Gasteiger partial charge in [-0.15, -0.1) is 0 Å². The molecule has 0 saturated carbocycles. The third-order valence-corrected chi connectivity index (χ3v) is 5.29. The molecule has 28 heavy (non-hydrogen) atoms. The van der Waals surface area contributed by atoms with Crippen LogP contribution in [0.15, 0.2) is 28.9 Å². The molecule has 0 aromatic carbocycles. The maximum absolute atomic E-state index is 13.0. The van der Waals surface area contributed by atoms with Gasteiger partial charge in [0.25, 0.3) is 11.8 Å². The first-order valence-corrected chi connectivity index (χ1v) is 9.84. The lowest BCUT2D eigenvalue weighted by Crippen LogP contribution is -2.50. The summed E-state index contributed by atoms with van der Waals surface area (Å²) in [6, 6.07) is 5.10. The molecule has 0 unspecified atom stereocenters. The maximum Gasteiger partial charge on any atom is 0.289 e. The van der Waals surface area contributed by atoms with Crippen LogP contribution in [0.1, 0.15) is 46.0 Å². The Morgan fingerprint density at radius 3 is 2.25 bits per heavy atom. The molecule has 0 atom stereocenters. The van der Waals surface area contributed by atoms with Crippen LogP contribution in [-0.4, -0.2) is 70.9 Å². The molecular formula is C20H25N5O3. The van der Waals surface area contributed by atoms with Gasteiger partial charge in [0, 0.05) is 45.0 Å². The lowest BCUT2D eigenvalue weighted by atomic mass is 10.1. The average Bonchev–Trinajstić information content (AvgIpc) is 3.28. The third kappa shape index (κ3) is 3.85. The van der Waals surface area contributed by atoms with E-state index in [1.165, 1.54) is 12.7 Å². The molecule has 148 valence electrons. The van der Waals surface area contributed by atoms with Gasteiger partial charge in [-0.1, -0.05) is 0 Å². The fourth-order valence-electron chi connectivity index (χ4n) is 3.73. The second-order valence-electron chi connectivity index (χ2n) is 7.30. The van der Waals surface area contributed by atoms with Crippen LogP contribution in [0.2, 0.25) is 0 Å². The van der Waals surface area contributed by atoms with Crippen LogP contribution in [-0.2, 0) is 0 Å². The van der Waals surface area contributed by atoms with E-state index in [1.54, 1.807) is 28.0 Å². The van der Waals surface area contributed by atoms with Crippen molar-refractivity contribution in [1.82, 2.24) is 19.8 Å². The van der Waals surface area contributed by atoms with Gasteiger partial charge >= 0.3 is 0 Å². The van der Waals surface area contributed by atoms with Crippen molar-refractivity contribution in [3.8, 4) is 0 Å². The van der Waals surface area contributed by atoms with Gasteiger partial charge < -0.3 is 19.1 Å². The standard InChI is InChI=1S/C20H25N5O3/c1-15-14-16(22-20(21-15)25-7-3-2-4-8-25)18(26)23-9-11-24(12-10-23)19(27)17-6-5-13-28-17/h5-6,13-14H,2-4,7-12H2,1H3. The Labute approximate surface area is 164 Å². The predicted octanol–water partition coefficient (Wildman–Crippen LogP) is 1.97. The number of furan rings is 1. The number of hydrogen-bond acceptors (Lipinski definition) is 6. The molecule has 2 amide bonds. The van der Waals surface area contributed by atoms with Crippen molar-refractivity contribution in [2.24, 2.45) is 0 Å². The monoisotopic (exact) mass is 383 g/mol. The van der Waals surface area contributed by atoms with Gasteiger partial charge in [-0.3, -0.25) is 9.59 Å². The van der Waals surface area contributed by atoms with Gasteiger partial charge in [0.1, 0.15) is 5.69 Å². The highest BCUT2D eigenvalue weighted by Crippen LogP contribution is 2.18. The van der Waals surface area contributed by atoms with Crippen molar-refractivity contribution >= 4 is 17.8 Å². The first-order valence-electron chi connectivity index (χ1n) is 9.84. The molecule has 2 aliphatic heterocycles. The van der Waals surface area contributed by atoms with Crippen LogP contribution >= 0.6 is 0 Å². The van der Waals surface area contributed by atoms with Crippen LogP contribution in [0.4, 0.5) is 5.95 Å². The van der Waals surface area contributed by atoms with Crippen molar-refractivity contribution in [2.75, 3.05) is 44.2 Å². The van der Waals surface area contributed by atoms with Crippen LogP contribution in [0.5, 0.6) is 0 Å². The lowest BCUT2D eigenvalue weighted by molar-refractivity contribution is 0.0515. The first-order chi connectivity index (χ1) is 13.6. The van der Waals surface area contributed by atoms with Gasteiger partial charge in [-0.25, -0.2) is 9.97 Å². The molecule has 8 heteroatoms. The molecule has 2 aliphatic rings. The van der Waals surface area contributed by atoms with Crippen LogP contribution < -0.4 is 4.90 Å². The summed E-state index contributed by atoms with van der Waals surface area (Å²) in [6.45, 7) is 5.69. The molecule has 0 aliphatic carbocycles. The predicted molar refractivity (Wildman–Crippen MR) is 103 cm³/mol. The van der Waals surface area contributed by atoms with E-state index in [9.17, 15) is 9.59 Å². The number of anilines is 1. The third-order valence-electron chi connectivity index (χ3n) is 5.29. The fraction of sp³-hybridized carbons (Fsp3) is 0.500. The molecule has 0 bridgehead atoms. The van der Waals surface area contributed by atoms with Crippen molar-refractivity contribution < 1.29 is 14.0 Å². The van der Waals surface area contributed by atoms with E-state index in [0.717, 1.165) is 31.6 Å². The average molecular weight is 383 g/mol. The number of nitrogens with zero attached hydrogens (tertiary/aromatic N) is 5. The number of aromatic nitrogens is 2. The number of piperidine rings is 1. The summed E-state index contributed by atoms with van der Waals surface area (Å²) in [5.74, 6) is 0.739. The summed E-state index contributed by atoms with van der Waals surface area (Å²) in [5, 5.41) is 0. The lowest BCUT2D eigenvalue weighted by Gasteiger charge is -2.34. The minimum absolute atomic E-state index is 0.103. The Bertz CT molecular complexity index is 838. The van der Waals surface area contributed by atoms with E-state index in [2.05, 4.69) is 14.9 Å². The highest BCUT2D eigenvalue weighted by Gasteiger charge is 2.28. The zero-order valence-corrected chi connectivity index (χ0v) is 16.1. The van der Waals surface area contributed by atoms with Crippen molar-refractivity contribution in [1.29, 1.82) is 0 Å². The Balaban J connectivity index is 1.42. The quantitative estimate of drug-likeness (QED) is 0.806. The van der Waals surface area contributed by atoms with Crippen molar-refractivity contribution in [3.05, 3.63) is 41.6 Å². The fourth-order valence-corrected chi connectivity index (χ4v) is 3.73. The zero-order chi connectivity index (χ0) is 19.5. The van der Waals surface area contributed by atoms with E-state index in [-0.39, 0.29) is 11.8 Å². The van der Waals surface area contributed by atoms with Gasteiger partial charge in [0.2, 0.25) is 5.95 Å². The highest BCUT2D eigenvalue weighted by atomic mass is 16.3. The van der Waals surface area contributed by atoms with E-state index in [4.69, 9.17) is 4.42 Å². The number of piperazine rings is 1. The molecule has 2 saturated heterocycles. The van der Waals surface area contributed by atoms with Crippen molar-refractivity contribution in [2.45, 2.75) is 26.2 Å². The molecule has 0 N–H and O–H groups in total. The molecule has 2 aromatic rings. The minimum Gasteiger partial charge on any atom is -0.459 e. The number of aryl methyl sites for hydroxylation is 1. The largest absolute Gasteiger partial charge is 0.459 e. The van der Waals surface area contributed by atoms with Gasteiger partial charge in [0.15, 0.2) is 5.76 Å². The summed E-state index contributed by atoms with van der Waals surface area (Å²) < 4.78 is 5.18. The molecule has 4 rings (SSSR count). The molecule has 8 nitrogen and oxygen atoms in total. The summed E-state index contributed by atoms with van der Waals surface area (Å²) in [5.41, 5.74) is 1.23. The Morgan fingerprint density at radius 1 is 0.929 bits per heavy atom. The van der Waals surface area contributed by atoms with Gasteiger partial charge in [-0.05, 0) is 44.4 Å². The van der Waals surface area contributed by atoms with Crippen LogP contribution in [0.25, 0.3) is 0 Å². The Morgan fingerprint density at radius 2 is 1.61 bits per heavy atom. The van der Waals surface area contributed by atoms with Crippen LogP contribution in [0.3, 0.4) is 0 Å². The molecular weight excluding hydrogens is 358 g/mol. The molecule has 0 spiro atoms. The number of amides is 2. The van der Waals surface area contributed by atoms with E-state index in [1.807, 2.05) is 6.92 Å². The second kappa shape index (κ2) is 8.00. The van der Waals surface area contributed by atoms with E-state index >= 15 is 0 Å². The maximum atomic E-state index is 13.0. The molecule has 0 radical (unpaired) electrons. The summed E-state index contributed by atoms with van der Waals surface area (Å²) >= 11 is 0. The second-order valence-corrected chi connectivity index (χ2v) is 7.30. The number of carbonyl (C=O) groups is 2. The number of rotatable bonds is 3. The summed E-state index contributed by atoms with van der Waals surface area (Å²) in [6.07, 6.45) is 4.98. The smallest absolute Gasteiger partial charge is 0.289 e. The number of hydrogen-bond donors (Lipinski definition) is 0. The molecule has 2 fully saturated rings.